The molecule has 2 amide bonds. The summed E-state index contributed by atoms with van der Waals surface area (Å²) in [5, 5.41) is 2.51. The van der Waals surface area contributed by atoms with Gasteiger partial charge in [0.1, 0.15) is 5.75 Å². The average molecular weight is 478 g/mol. The molecule has 8 heteroatoms. The maximum absolute atomic E-state index is 12.3. The minimum Gasteiger partial charge on any atom is -0.483 e. The van der Waals surface area contributed by atoms with Gasteiger partial charge in [-0.25, -0.2) is 0 Å². The Kier molecular flexibility index (Phi) is 7.75. The van der Waals surface area contributed by atoms with E-state index >= 15 is 0 Å². The van der Waals surface area contributed by atoms with Crippen LogP contribution in [0.1, 0.15) is 42.3 Å². The molecule has 0 saturated carbocycles. The molecule has 0 bridgehead atoms. The van der Waals surface area contributed by atoms with E-state index in [1.165, 1.54) is 0 Å². The van der Waals surface area contributed by atoms with Gasteiger partial charge in [0.25, 0.3) is 11.8 Å². The van der Waals surface area contributed by atoms with Crippen molar-refractivity contribution in [1.82, 2.24) is 16.2 Å². The number of nitrogens with one attached hydrogen (secondary N) is 3. The van der Waals surface area contributed by atoms with Crippen LogP contribution in [0, 0.1) is 6.92 Å². The van der Waals surface area contributed by atoms with E-state index in [1.807, 2.05) is 31.2 Å². The number of thiocarbonyl (C=S) groups is 1. The minimum absolute atomic E-state index is 0.00695. The molecule has 0 radical (unpaired) electrons. The van der Waals surface area contributed by atoms with Crippen LogP contribution in [0.15, 0.2) is 46.9 Å². The molecule has 2 rings (SSSR count). The van der Waals surface area contributed by atoms with Gasteiger partial charge in [-0.05, 0) is 66.0 Å². The van der Waals surface area contributed by atoms with Gasteiger partial charge in [-0.2, -0.15) is 0 Å². The van der Waals surface area contributed by atoms with Gasteiger partial charge >= 0.3 is 0 Å². The molecule has 0 saturated heterocycles. The second-order valence-electron chi connectivity index (χ2n) is 7.48. The fourth-order valence-corrected chi connectivity index (χ4v) is 3.03. The summed E-state index contributed by atoms with van der Waals surface area (Å²) < 4.78 is 6.40. The van der Waals surface area contributed by atoms with Crippen LogP contribution in [0.4, 0.5) is 0 Å². The molecule has 6 nitrogen and oxygen atoms in total. The molecule has 0 aromatic heterocycles. The van der Waals surface area contributed by atoms with Gasteiger partial charge in [0, 0.05) is 10.0 Å². The van der Waals surface area contributed by atoms with Gasteiger partial charge in [-0.15, -0.1) is 0 Å². The van der Waals surface area contributed by atoms with Crippen LogP contribution < -0.4 is 20.9 Å². The van der Waals surface area contributed by atoms with Crippen molar-refractivity contribution < 1.29 is 14.3 Å². The molecular weight excluding hydrogens is 454 g/mol. The van der Waals surface area contributed by atoms with Crippen LogP contribution in [0.25, 0.3) is 0 Å². The zero-order valence-corrected chi connectivity index (χ0v) is 19.2. The van der Waals surface area contributed by atoms with Crippen molar-refractivity contribution in [3.05, 3.63) is 63.6 Å². The fourth-order valence-electron chi connectivity index (χ4n) is 2.41. The number of amides is 2. The third-order valence-corrected chi connectivity index (χ3v) is 4.75. The van der Waals surface area contributed by atoms with E-state index in [0.717, 1.165) is 15.6 Å². The van der Waals surface area contributed by atoms with Crippen LogP contribution in [0.2, 0.25) is 0 Å². The molecule has 2 aromatic carbocycles. The summed E-state index contributed by atoms with van der Waals surface area (Å²) in [6.07, 6.45) is 0. The van der Waals surface area contributed by atoms with Crippen molar-refractivity contribution in [2.24, 2.45) is 0 Å². The molecule has 0 aliphatic heterocycles. The Morgan fingerprint density at radius 2 is 1.72 bits per heavy atom. The normalized spacial score (nSPS) is 10.8. The molecule has 154 valence electrons. The highest BCUT2D eigenvalue weighted by molar-refractivity contribution is 9.10. The van der Waals surface area contributed by atoms with Gasteiger partial charge in [0.2, 0.25) is 0 Å². The Balaban J connectivity index is 1.78. The molecule has 0 aliphatic carbocycles. The highest BCUT2D eigenvalue weighted by Crippen LogP contribution is 2.22. The first kappa shape index (κ1) is 22.8. The number of hydrazine groups is 1. The zero-order valence-electron chi connectivity index (χ0n) is 16.8. The maximum Gasteiger partial charge on any atom is 0.276 e. The van der Waals surface area contributed by atoms with E-state index in [-0.39, 0.29) is 23.0 Å². The van der Waals surface area contributed by atoms with Gasteiger partial charge in [0.15, 0.2) is 11.7 Å². The Labute approximate surface area is 184 Å². The Bertz CT molecular complexity index is 908. The molecule has 0 atom stereocenters. The first-order valence-corrected chi connectivity index (χ1v) is 10.2. The summed E-state index contributed by atoms with van der Waals surface area (Å²) in [6, 6.07) is 12.8. The first-order chi connectivity index (χ1) is 13.6. The van der Waals surface area contributed by atoms with Crippen molar-refractivity contribution in [2.45, 2.75) is 33.1 Å². The van der Waals surface area contributed by atoms with E-state index in [0.29, 0.717) is 11.3 Å². The van der Waals surface area contributed by atoms with E-state index in [2.05, 4.69) is 52.9 Å². The van der Waals surface area contributed by atoms with Crippen LogP contribution in [-0.2, 0) is 10.2 Å². The summed E-state index contributed by atoms with van der Waals surface area (Å²) >= 11 is 8.41. The first-order valence-electron chi connectivity index (χ1n) is 8.96. The lowest BCUT2D eigenvalue weighted by atomic mass is 9.87. The van der Waals surface area contributed by atoms with Crippen LogP contribution in [0.3, 0.4) is 0 Å². The van der Waals surface area contributed by atoms with E-state index in [4.69, 9.17) is 17.0 Å². The Hall–Kier alpha value is -2.45. The zero-order chi connectivity index (χ0) is 21.6. The summed E-state index contributed by atoms with van der Waals surface area (Å²) in [7, 11) is 0. The highest BCUT2D eigenvalue weighted by Gasteiger charge is 2.15. The molecule has 0 unspecified atom stereocenters. The third-order valence-electron chi connectivity index (χ3n) is 4.05. The summed E-state index contributed by atoms with van der Waals surface area (Å²) in [5.74, 6) is -0.185. The molecule has 0 fully saturated rings. The molecule has 0 spiro atoms. The van der Waals surface area contributed by atoms with Crippen LogP contribution in [-0.4, -0.2) is 23.5 Å². The predicted octanol–water partition coefficient (Wildman–Crippen LogP) is 3.77. The number of hydrogen-bond acceptors (Lipinski definition) is 4. The maximum atomic E-state index is 12.3. The van der Waals surface area contributed by atoms with E-state index < -0.39 is 5.91 Å². The monoisotopic (exact) mass is 477 g/mol. The minimum atomic E-state index is -0.432. The van der Waals surface area contributed by atoms with Crippen LogP contribution in [0.5, 0.6) is 5.75 Å². The topological polar surface area (TPSA) is 79.5 Å². The number of aryl methyl sites for hydroxylation is 1. The lowest BCUT2D eigenvalue weighted by Gasteiger charge is -2.19. The van der Waals surface area contributed by atoms with Gasteiger partial charge < -0.3 is 4.74 Å². The summed E-state index contributed by atoms with van der Waals surface area (Å²) in [5.41, 5.74) is 7.39. The lowest BCUT2D eigenvalue weighted by molar-refractivity contribution is -0.123. The second kappa shape index (κ2) is 9.84. The summed E-state index contributed by atoms with van der Waals surface area (Å²) in [6.45, 7) is 8.00. The third kappa shape index (κ3) is 7.14. The van der Waals surface area contributed by atoms with Gasteiger partial charge in [-0.3, -0.25) is 25.8 Å². The molecular formula is C21H24BrN3O3S. The highest BCUT2D eigenvalue weighted by atomic mass is 79.9. The van der Waals surface area contributed by atoms with Gasteiger partial charge in [-0.1, -0.05) is 48.8 Å². The smallest absolute Gasteiger partial charge is 0.276 e. The standard InChI is InChI=1S/C21H24BrN3O3S/c1-13-11-16(22)9-10-17(13)28-12-18(26)24-25-20(29)23-19(27)14-5-7-15(8-6-14)21(2,3)4/h5-11H,12H2,1-4H3,(H,24,26)(H2,23,25,27,29). The SMILES string of the molecule is Cc1cc(Br)ccc1OCC(=O)NNC(=S)NC(=O)c1ccc(C(C)(C)C)cc1. The number of ether oxygens (including phenoxy) is 1. The predicted molar refractivity (Wildman–Crippen MR) is 121 cm³/mol. The lowest BCUT2D eigenvalue weighted by Crippen LogP contribution is -2.49. The number of carbonyl (C=O) groups is 2. The molecule has 29 heavy (non-hydrogen) atoms. The quantitative estimate of drug-likeness (QED) is 0.461. The van der Waals surface area contributed by atoms with E-state index in [9.17, 15) is 9.59 Å². The van der Waals surface area contributed by atoms with Crippen molar-refractivity contribution in [1.29, 1.82) is 0 Å². The number of hydrogen-bond donors (Lipinski definition) is 3. The molecule has 3 N–H and O–H groups in total. The van der Waals surface area contributed by atoms with Crippen LogP contribution >= 0.6 is 28.1 Å². The Morgan fingerprint density at radius 3 is 2.31 bits per heavy atom. The summed E-state index contributed by atoms with van der Waals surface area (Å²) in [4.78, 5) is 24.2. The van der Waals surface area contributed by atoms with Gasteiger partial charge in [0.05, 0.1) is 0 Å². The molecule has 0 aliphatic rings. The average Bonchev–Trinajstić information content (AvgIpc) is 2.65. The molecule has 2 aromatic rings. The molecule has 0 heterocycles. The number of rotatable bonds is 4. The number of halogens is 1. The number of benzene rings is 2. The van der Waals surface area contributed by atoms with Crippen molar-refractivity contribution in [2.75, 3.05) is 6.61 Å². The van der Waals surface area contributed by atoms with E-state index in [1.54, 1.807) is 18.2 Å². The van der Waals surface area contributed by atoms with Crippen molar-refractivity contribution in [3.8, 4) is 5.75 Å². The second-order valence-corrected chi connectivity index (χ2v) is 8.81. The Morgan fingerprint density at radius 1 is 1.07 bits per heavy atom. The van der Waals surface area contributed by atoms with Crippen molar-refractivity contribution >= 4 is 45.1 Å². The number of carbonyl (C=O) groups excluding carboxylic acids is 2. The fraction of sp³-hybridized carbons (Fsp3) is 0.286. The van der Waals surface area contributed by atoms with Crippen molar-refractivity contribution in [3.63, 3.8) is 0 Å². The largest absolute Gasteiger partial charge is 0.483 e.